The SMILES string of the molecule is CNC(=O)[C@@H]1[C@H]2C(=O)N(CCCCO)C(C(=O)Nc3ccccc3Cl)C23CC[C@@]1(C)O3. The van der Waals surface area contributed by atoms with Gasteiger partial charge in [0, 0.05) is 20.2 Å². The van der Waals surface area contributed by atoms with E-state index >= 15 is 0 Å². The number of carbonyl (C=O) groups excluding carboxylic acids is 3. The molecule has 3 saturated heterocycles. The number of anilines is 1. The van der Waals surface area contributed by atoms with Gasteiger partial charge in [-0.3, -0.25) is 14.4 Å². The van der Waals surface area contributed by atoms with Crippen molar-refractivity contribution in [2.45, 2.75) is 49.9 Å². The molecule has 3 heterocycles. The van der Waals surface area contributed by atoms with Crippen molar-refractivity contribution in [2.24, 2.45) is 11.8 Å². The molecule has 168 valence electrons. The third kappa shape index (κ3) is 3.32. The van der Waals surface area contributed by atoms with Crippen molar-refractivity contribution in [3.8, 4) is 0 Å². The number of halogens is 1. The van der Waals surface area contributed by atoms with Crippen LogP contribution in [0, 0.1) is 11.8 Å². The summed E-state index contributed by atoms with van der Waals surface area (Å²) < 4.78 is 6.45. The fourth-order valence-electron chi connectivity index (χ4n) is 5.68. The normalized spacial score (nSPS) is 33.5. The number of fused-ring (bicyclic) bond motifs is 1. The van der Waals surface area contributed by atoms with Crippen LogP contribution in [0.1, 0.15) is 32.6 Å². The summed E-state index contributed by atoms with van der Waals surface area (Å²) in [5.41, 5.74) is -1.40. The van der Waals surface area contributed by atoms with E-state index in [4.69, 9.17) is 16.3 Å². The van der Waals surface area contributed by atoms with Gasteiger partial charge in [-0.15, -0.1) is 0 Å². The minimum atomic E-state index is -1.06. The molecule has 2 bridgehead atoms. The standard InChI is InChI=1S/C22H28ClN3O5/c1-21-9-10-22(31-21)16(15(21)18(28)24-2)20(30)26(11-5-6-12-27)17(22)19(29)25-14-8-4-3-7-13(14)23/h3-4,7-8,15-17,27H,5-6,9-12H2,1-2H3,(H,24,28)(H,25,29)/t15-,16-,17?,21+,22?/m0/s1. The Morgan fingerprint density at radius 2 is 2.00 bits per heavy atom. The molecule has 8 nitrogen and oxygen atoms in total. The van der Waals surface area contributed by atoms with E-state index in [1.54, 1.807) is 31.3 Å². The zero-order valence-corrected chi connectivity index (χ0v) is 18.4. The molecular formula is C22H28ClN3O5. The van der Waals surface area contributed by atoms with Gasteiger partial charge in [0.1, 0.15) is 11.6 Å². The molecule has 0 saturated carbocycles. The average molecular weight is 450 g/mol. The molecule has 3 fully saturated rings. The van der Waals surface area contributed by atoms with Gasteiger partial charge in [-0.1, -0.05) is 23.7 Å². The van der Waals surface area contributed by atoms with E-state index in [0.717, 1.165) is 0 Å². The van der Waals surface area contributed by atoms with Gasteiger partial charge >= 0.3 is 0 Å². The number of nitrogens with zero attached hydrogens (tertiary/aromatic N) is 1. The number of carbonyl (C=O) groups is 3. The lowest BCUT2D eigenvalue weighted by atomic mass is 9.66. The summed E-state index contributed by atoms with van der Waals surface area (Å²) in [5.74, 6) is -2.24. The smallest absolute Gasteiger partial charge is 0.250 e. The van der Waals surface area contributed by atoms with Crippen LogP contribution in [0.3, 0.4) is 0 Å². The Hall–Kier alpha value is -2.16. The number of amides is 3. The number of aliphatic hydroxyl groups is 1. The van der Waals surface area contributed by atoms with E-state index in [-0.39, 0.29) is 24.3 Å². The second-order valence-electron chi connectivity index (χ2n) is 8.77. The fraction of sp³-hybridized carbons (Fsp3) is 0.591. The lowest BCUT2D eigenvalue weighted by Gasteiger charge is -2.33. The predicted octanol–water partition coefficient (Wildman–Crippen LogP) is 1.56. The maximum absolute atomic E-state index is 13.6. The summed E-state index contributed by atoms with van der Waals surface area (Å²) in [6.45, 7) is 2.16. The topological polar surface area (TPSA) is 108 Å². The van der Waals surface area contributed by atoms with Crippen LogP contribution >= 0.6 is 11.6 Å². The van der Waals surface area contributed by atoms with Crippen molar-refractivity contribution in [3.63, 3.8) is 0 Å². The molecule has 9 heteroatoms. The van der Waals surface area contributed by atoms with Crippen molar-refractivity contribution in [1.29, 1.82) is 0 Å². The minimum absolute atomic E-state index is 0.00250. The van der Waals surface area contributed by atoms with Gasteiger partial charge in [-0.05, 0) is 44.7 Å². The third-order valence-corrected chi connectivity index (χ3v) is 7.32. The van der Waals surface area contributed by atoms with Crippen LogP contribution in [0.5, 0.6) is 0 Å². The van der Waals surface area contributed by atoms with E-state index in [1.807, 2.05) is 6.92 Å². The maximum atomic E-state index is 13.6. The van der Waals surface area contributed by atoms with Crippen LogP contribution in [0.4, 0.5) is 5.69 Å². The number of hydrogen-bond acceptors (Lipinski definition) is 5. The number of likely N-dealkylation sites (tertiary alicyclic amines) is 1. The van der Waals surface area contributed by atoms with Gasteiger partial charge in [0.25, 0.3) is 0 Å². The second-order valence-corrected chi connectivity index (χ2v) is 9.18. The highest BCUT2D eigenvalue weighted by molar-refractivity contribution is 6.33. The molecule has 3 aliphatic heterocycles. The van der Waals surface area contributed by atoms with Crippen LogP contribution in [0.25, 0.3) is 0 Å². The molecule has 3 aliphatic rings. The summed E-state index contributed by atoms with van der Waals surface area (Å²) in [5, 5.41) is 15.1. The lowest BCUT2D eigenvalue weighted by Crippen LogP contribution is -2.53. The van der Waals surface area contributed by atoms with E-state index < -0.39 is 29.1 Å². The Balaban J connectivity index is 1.72. The molecule has 0 aromatic heterocycles. The summed E-state index contributed by atoms with van der Waals surface area (Å²) >= 11 is 6.23. The van der Waals surface area contributed by atoms with E-state index in [9.17, 15) is 19.5 Å². The van der Waals surface area contributed by atoms with Crippen molar-refractivity contribution in [3.05, 3.63) is 29.3 Å². The number of rotatable bonds is 7. The number of benzene rings is 1. The molecule has 1 aromatic carbocycles. The minimum Gasteiger partial charge on any atom is -0.396 e. The molecule has 4 rings (SSSR count). The maximum Gasteiger partial charge on any atom is 0.250 e. The summed E-state index contributed by atoms with van der Waals surface area (Å²) in [6, 6.07) is 6.03. The molecule has 31 heavy (non-hydrogen) atoms. The molecule has 3 amide bonds. The second kappa shape index (κ2) is 8.07. The molecular weight excluding hydrogens is 422 g/mol. The van der Waals surface area contributed by atoms with Gasteiger partial charge in [-0.25, -0.2) is 0 Å². The molecule has 2 unspecified atom stereocenters. The number of ether oxygens (including phenoxy) is 1. The Bertz CT molecular complexity index is 911. The summed E-state index contributed by atoms with van der Waals surface area (Å²) in [6.07, 6.45) is 2.17. The predicted molar refractivity (Wildman–Crippen MR) is 114 cm³/mol. The van der Waals surface area contributed by atoms with Crippen molar-refractivity contribution >= 4 is 35.0 Å². The van der Waals surface area contributed by atoms with Gasteiger partial charge < -0.3 is 25.4 Å². The van der Waals surface area contributed by atoms with Gasteiger partial charge in [0.05, 0.1) is 28.1 Å². The van der Waals surface area contributed by atoms with Gasteiger partial charge in [0.2, 0.25) is 17.7 Å². The van der Waals surface area contributed by atoms with Gasteiger partial charge in [-0.2, -0.15) is 0 Å². The number of unbranched alkanes of at least 4 members (excludes halogenated alkanes) is 1. The van der Waals surface area contributed by atoms with Gasteiger partial charge in [0.15, 0.2) is 0 Å². The van der Waals surface area contributed by atoms with Crippen molar-refractivity contribution < 1.29 is 24.2 Å². The number of nitrogens with one attached hydrogen (secondary N) is 2. The molecule has 1 spiro atoms. The van der Waals surface area contributed by atoms with E-state index in [2.05, 4.69) is 10.6 Å². The van der Waals surface area contributed by atoms with Crippen molar-refractivity contribution in [1.82, 2.24) is 10.2 Å². The summed E-state index contributed by atoms with van der Waals surface area (Å²) in [7, 11) is 1.55. The highest BCUT2D eigenvalue weighted by Crippen LogP contribution is 2.63. The number of aliphatic hydroxyl groups excluding tert-OH is 1. The Morgan fingerprint density at radius 1 is 1.26 bits per heavy atom. The molecule has 0 radical (unpaired) electrons. The fourth-order valence-corrected chi connectivity index (χ4v) is 5.86. The Morgan fingerprint density at radius 3 is 2.68 bits per heavy atom. The quantitative estimate of drug-likeness (QED) is 0.547. The van der Waals surface area contributed by atoms with Crippen LogP contribution in [-0.4, -0.2) is 65.2 Å². The first-order valence-electron chi connectivity index (χ1n) is 10.7. The third-order valence-electron chi connectivity index (χ3n) is 6.99. The zero-order valence-electron chi connectivity index (χ0n) is 17.7. The van der Waals surface area contributed by atoms with Crippen LogP contribution < -0.4 is 10.6 Å². The lowest BCUT2D eigenvalue weighted by molar-refractivity contribution is -0.144. The Labute approximate surface area is 186 Å². The highest BCUT2D eigenvalue weighted by atomic mass is 35.5. The number of hydrogen-bond donors (Lipinski definition) is 3. The summed E-state index contributed by atoms with van der Waals surface area (Å²) in [4.78, 5) is 41.4. The highest BCUT2D eigenvalue weighted by Gasteiger charge is 2.77. The Kier molecular flexibility index (Phi) is 5.74. The number of para-hydroxylation sites is 1. The first-order chi connectivity index (χ1) is 14.8. The molecule has 3 N–H and O–H groups in total. The largest absolute Gasteiger partial charge is 0.396 e. The van der Waals surface area contributed by atoms with E-state index in [1.165, 1.54) is 4.90 Å². The van der Waals surface area contributed by atoms with Crippen molar-refractivity contribution in [2.75, 3.05) is 25.5 Å². The monoisotopic (exact) mass is 449 g/mol. The van der Waals surface area contributed by atoms with Crippen LogP contribution in [-0.2, 0) is 19.1 Å². The van der Waals surface area contributed by atoms with E-state index in [0.29, 0.717) is 42.9 Å². The average Bonchev–Trinajstić information content (AvgIpc) is 3.30. The van der Waals surface area contributed by atoms with Crippen LogP contribution in [0.15, 0.2) is 24.3 Å². The first-order valence-corrected chi connectivity index (χ1v) is 11.1. The molecule has 1 aromatic rings. The molecule has 5 atom stereocenters. The molecule has 0 aliphatic carbocycles. The zero-order chi connectivity index (χ0) is 22.4. The van der Waals surface area contributed by atoms with Crippen LogP contribution in [0.2, 0.25) is 5.02 Å². The first kappa shape index (κ1) is 22.0.